The van der Waals surface area contributed by atoms with Gasteiger partial charge < -0.3 is 9.84 Å². The van der Waals surface area contributed by atoms with Crippen molar-refractivity contribution >= 4 is 13.3 Å². The molecule has 0 unspecified atom stereocenters. The van der Waals surface area contributed by atoms with E-state index in [0.29, 0.717) is 11.5 Å². The Morgan fingerprint density at radius 1 is 1.04 bits per heavy atom. The molecule has 1 aliphatic heterocycles. The summed E-state index contributed by atoms with van der Waals surface area (Å²) in [6.45, 7) is 7.47. The Morgan fingerprint density at radius 3 is 2.21 bits per heavy atom. The summed E-state index contributed by atoms with van der Waals surface area (Å²) in [5.74, 6) is 0.467. The zero-order valence-corrected chi connectivity index (χ0v) is 15.9. The normalized spacial score (nSPS) is 25.6. The van der Waals surface area contributed by atoms with Crippen molar-refractivity contribution in [1.82, 2.24) is 0 Å². The van der Waals surface area contributed by atoms with Crippen molar-refractivity contribution in [3.8, 4) is 0 Å². The van der Waals surface area contributed by atoms with Crippen molar-refractivity contribution in [2.45, 2.75) is 44.2 Å². The standard InChI is InChI=1S/C21H28O2Si/c1-16(22)20-21(24(2,3)19-12-8-5-9-13-19)18(15-23-20)14-17-10-6-4-7-11-17/h4-13,16,18,20-22H,14-15H2,1-3H3/t16-,18+,20+,21-/m0/s1. The van der Waals surface area contributed by atoms with Gasteiger partial charge in [-0.05, 0) is 30.4 Å². The minimum atomic E-state index is -1.77. The van der Waals surface area contributed by atoms with Gasteiger partial charge >= 0.3 is 0 Å². The van der Waals surface area contributed by atoms with Crippen LogP contribution in [0.1, 0.15) is 12.5 Å². The van der Waals surface area contributed by atoms with Crippen LogP contribution in [0.5, 0.6) is 0 Å². The maximum absolute atomic E-state index is 10.3. The molecule has 3 rings (SSSR count). The highest BCUT2D eigenvalue weighted by Gasteiger charge is 2.49. The Bertz CT molecular complexity index is 639. The molecule has 1 saturated heterocycles. The van der Waals surface area contributed by atoms with Crippen LogP contribution in [-0.2, 0) is 11.2 Å². The zero-order valence-electron chi connectivity index (χ0n) is 14.9. The maximum atomic E-state index is 10.3. The Balaban J connectivity index is 1.92. The third kappa shape index (κ3) is 3.48. The molecule has 0 amide bonds. The third-order valence-electron chi connectivity index (χ3n) is 5.53. The second-order valence-electron chi connectivity index (χ2n) is 7.60. The third-order valence-corrected chi connectivity index (χ3v) is 9.82. The van der Waals surface area contributed by atoms with Crippen molar-refractivity contribution in [3.05, 3.63) is 66.2 Å². The molecular formula is C21H28O2Si. The molecule has 1 N–H and O–H groups in total. The van der Waals surface area contributed by atoms with E-state index in [1.807, 2.05) is 6.92 Å². The molecule has 0 radical (unpaired) electrons. The Morgan fingerprint density at radius 2 is 1.62 bits per heavy atom. The van der Waals surface area contributed by atoms with Crippen molar-refractivity contribution in [3.63, 3.8) is 0 Å². The number of aliphatic hydroxyl groups is 1. The summed E-state index contributed by atoms with van der Waals surface area (Å²) in [6, 6.07) is 21.5. The predicted molar refractivity (Wildman–Crippen MR) is 102 cm³/mol. The first kappa shape index (κ1) is 17.4. The second kappa shape index (κ2) is 7.22. The van der Waals surface area contributed by atoms with E-state index in [1.54, 1.807) is 0 Å². The van der Waals surface area contributed by atoms with Crippen LogP contribution in [0.25, 0.3) is 0 Å². The van der Waals surface area contributed by atoms with E-state index in [1.165, 1.54) is 10.8 Å². The van der Waals surface area contributed by atoms with Gasteiger partial charge in [-0.1, -0.05) is 78.9 Å². The zero-order chi connectivity index (χ0) is 17.2. The topological polar surface area (TPSA) is 29.5 Å². The summed E-state index contributed by atoms with van der Waals surface area (Å²) in [5, 5.41) is 11.8. The van der Waals surface area contributed by atoms with Gasteiger partial charge in [-0.25, -0.2) is 0 Å². The van der Waals surface area contributed by atoms with Crippen LogP contribution in [0.15, 0.2) is 60.7 Å². The number of aliphatic hydroxyl groups excluding tert-OH is 1. The van der Waals surface area contributed by atoms with Crippen LogP contribution in [-0.4, -0.2) is 32.0 Å². The molecule has 1 aliphatic rings. The van der Waals surface area contributed by atoms with Gasteiger partial charge in [0, 0.05) is 0 Å². The summed E-state index contributed by atoms with van der Waals surface area (Å²) >= 11 is 0. The number of hydrogen-bond donors (Lipinski definition) is 1. The molecule has 24 heavy (non-hydrogen) atoms. The van der Waals surface area contributed by atoms with Gasteiger partial charge in [0.15, 0.2) is 0 Å². The first-order valence-corrected chi connectivity index (χ1v) is 12.0. The van der Waals surface area contributed by atoms with Crippen molar-refractivity contribution in [2.24, 2.45) is 5.92 Å². The lowest BCUT2D eigenvalue weighted by Crippen LogP contribution is -2.52. The summed E-state index contributed by atoms with van der Waals surface area (Å²) in [7, 11) is -1.77. The maximum Gasteiger partial charge on any atom is 0.0867 e. The highest BCUT2D eigenvalue weighted by Crippen LogP contribution is 2.43. The van der Waals surface area contributed by atoms with Gasteiger partial charge in [0.05, 0.1) is 26.9 Å². The van der Waals surface area contributed by atoms with Gasteiger partial charge in [0.25, 0.3) is 0 Å². The van der Waals surface area contributed by atoms with E-state index in [-0.39, 0.29) is 6.10 Å². The van der Waals surface area contributed by atoms with E-state index in [0.717, 1.165) is 13.0 Å². The molecule has 2 aromatic carbocycles. The molecule has 2 nitrogen and oxygen atoms in total. The molecule has 2 aromatic rings. The molecule has 0 aromatic heterocycles. The van der Waals surface area contributed by atoms with Crippen LogP contribution in [0.2, 0.25) is 18.6 Å². The Hall–Kier alpha value is -1.42. The molecule has 4 atom stereocenters. The number of ether oxygens (including phenoxy) is 1. The Labute approximate surface area is 146 Å². The van der Waals surface area contributed by atoms with E-state index >= 15 is 0 Å². The van der Waals surface area contributed by atoms with Gasteiger partial charge in [0.1, 0.15) is 0 Å². The average molecular weight is 341 g/mol. The molecule has 0 bridgehead atoms. The van der Waals surface area contributed by atoms with Gasteiger partial charge in [-0.15, -0.1) is 0 Å². The van der Waals surface area contributed by atoms with Gasteiger partial charge in [0.2, 0.25) is 0 Å². The van der Waals surface area contributed by atoms with Crippen LogP contribution < -0.4 is 5.19 Å². The summed E-state index contributed by atoms with van der Waals surface area (Å²) in [4.78, 5) is 0. The van der Waals surface area contributed by atoms with E-state index in [2.05, 4.69) is 73.8 Å². The minimum absolute atomic E-state index is 0.0550. The molecule has 128 valence electrons. The van der Waals surface area contributed by atoms with Gasteiger partial charge in [-0.3, -0.25) is 0 Å². The molecule has 0 spiro atoms. The lowest BCUT2D eigenvalue weighted by molar-refractivity contribution is 0.00737. The molecule has 0 saturated carbocycles. The van der Waals surface area contributed by atoms with Crippen molar-refractivity contribution in [2.75, 3.05) is 6.61 Å². The molecule has 3 heteroatoms. The number of hydrogen-bond acceptors (Lipinski definition) is 2. The van der Waals surface area contributed by atoms with Crippen molar-refractivity contribution in [1.29, 1.82) is 0 Å². The fourth-order valence-corrected chi connectivity index (χ4v) is 8.34. The summed E-state index contributed by atoms with van der Waals surface area (Å²) in [5.41, 5.74) is 1.78. The monoisotopic (exact) mass is 340 g/mol. The largest absolute Gasteiger partial charge is 0.391 e. The first-order chi connectivity index (χ1) is 11.5. The highest BCUT2D eigenvalue weighted by atomic mass is 28.3. The summed E-state index contributed by atoms with van der Waals surface area (Å²) < 4.78 is 6.10. The minimum Gasteiger partial charge on any atom is -0.391 e. The molecule has 1 heterocycles. The van der Waals surface area contributed by atoms with E-state index in [4.69, 9.17) is 4.74 Å². The lowest BCUT2D eigenvalue weighted by atomic mass is 9.94. The molecular weight excluding hydrogens is 312 g/mol. The van der Waals surface area contributed by atoms with Crippen LogP contribution in [0, 0.1) is 5.92 Å². The Kier molecular flexibility index (Phi) is 5.23. The van der Waals surface area contributed by atoms with E-state index < -0.39 is 14.2 Å². The smallest absolute Gasteiger partial charge is 0.0867 e. The van der Waals surface area contributed by atoms with E-state index in [9.17, 15) is 5.11 Å². The molecule has 0 aliphatic carbocycles. The highest BCUT2D eigenvalue weighted by molar-refractivity contribution is 6.91. The average Bonchev–Trinajstić information content (AvgIpc) is 3.01. The summed E-state index contributed by atoms with van der Waals surface area (Å²) in [6.07, 6.45) is 0.546. The van der Waals surface area contributed by atoms with Gasteiger partial charge in [-0.2, -0.15) is 0 Å². The lowest BCUT2D eigenvalue weighted by Gasteiger charge is -2.37. The van der Waals surface area contributed by atoms with Crippen LogP contribution in [0.3, 0.4) is 0 Å². The molecule has 1 fully saturated rings. The number of rotatable bonds is 5. The SMILES string of the molecule is C[C@H](O)[C@H]1OC[C@@H](Cc2ccccc2)[C@@H]1[Si](C)(C)c1ccccc1. The first-order valence-electron chi connectivity index (χ1n) is 8.89. The number of benzene rings is 2. The fourth-order valence-electron chi connectivity index (χ4n) is 4.31. The van der Waals surface area contributed by atoms with Crippen LogP contribution >= 0.6 is 0 Å². The second-order valence-corrected chi connectivity index (χ2v) is 12.3. The fraction of sp³-hybridized carbons (Fsp3) is 0.429. The van der Waals surface area contributed by atoms with Crippen molar-refractivity contribution < 1.29 is 9.84 Å². The van der Waals surface area contributed by atoms with Crippen LogP contribution in [0.4, 0.5) is 0 Å². The quantitative estimate of drug-likeness (QED) is 0.843. The predicted octanol–water partition coefficient (Wildman–Crippen LogP) is 3.61.